The summed E-state index contributed by atoms with van der Waals surface area (Å²) in [6.45, 7) is 8.77. The first-order chi connectivity index (χ1) is 13.6. The van der Waals surface area contributed by atoms with Crippen LogP contribution in [0, 0.1) is 23.7 Å². The number of imide groups is 1. The molecule has 4 rings (SSSR count). The van der Waals surface area contributed by atoms with E-state index in [4.69, 9.17) is 0 Å². The largest absolute Gasteiger partial charge is 0.357 e. The molecule has 7 nitrogen and oxygen atoms in total. The summed E-state index contributed by atoms with van der Waals surface area (Å²) in [5.41, 5.74) is 0. The second-order valence-electron chi connectivity index (χ2n) is 8.38. The van der Waals surface area contributed by atoms with E-state index in [1.54, 1.807) is 0 Å². The summed E-state index contributed by atoms with van der Waals surface area (Å²) in [5, 5.41) is 6.54. The first-order valence-electron chi connectivity index (χ1n) is 10.9. The Morgan fingerprint density at radius 3 is 2.39 bits per heavy atom. The van der Waals surface area contributed by atoms with Crippen LogP contribution in [0.15, 0.2) is 17.1 Å². The van der Waals surface area contributed by atoms with Gasteiger partial charge in [-0.05, 0) is 44.6 Å². The summed E-state index contributed by atoms with van der Waals surface area (Å²) in [4.78, 5) is 34.1. The molecular weight excluding hydrogens is 354 g/mol. The Hall–Kier alpha value is -1.89. The van der Waals surface area contributed by atoms with Gasteiger partial charge < -0.3 is 10.6 Å². The van der Waals surface area contributed by atoms with Crippen molar-refractivity contribution in [3.05, 3.63) is 12.2 Å². The summed E-state index contributed by atoms with van der Waals surface area (Å²) >= 11 is 0. The number of hydrogen-bond acceptors (Lipinski definition) is 4. The quantitative estimate of drug-likeness (QED) is 0.265. The number of rotatable bonds is 9. The zero-order chi connectivity index (χ0) is 19.7. The molecule has 3 fully saturated rings. The third-order valence-corrected chi connectivity index (χ3v) is 6.66. The smallest absolute Gasteiger partial charge is 0.233 e. The van der Waals surface area contributed by atoms with E-state index in [1.807, 2.05) is 6.92 Å². The Balaban J connectivity index is 1.26. The van der Waals surface area contributed by atoms with Crippen molar-refractivity contribution in [3.63, 3.8) is 0 Å². The van der Waals surface area contributed by atoms with Gasteiger partial charge in [0.2, 0.25) is 11.8 Å². The number of carbonyl (C=O) groups is 2. The van der Waals surface area contributed by atoms with Gasteiger partial charge in [0.1, 0.15) is 0 Å². The van der Waals surface area contributed by atoms with Gasteiger partial charge in [-0.3, -0.25) is 24.4 Å². The van der Waals surface area contributed by atoms with Gasteiger partial charge >= 0.3 is 0 Å². The van der Waals surface area contributed by atoms with Crippen molar-refractivity contribution < 1.29 is 9.59 Å². The number of likely N-dealkylation sites (tertiary alicyclic amines) is 1. The van der Waals surface area contributed by atoms with Crippen LogP contribution >= 0.6 is 0 Å². The summed E-state index contributed by atoms with van der Waals surface area (Å²) in [6, 6.07) is 0.757. The zero-order valence-corrected chi connectivity index (χ0v) is 17.1. The number of likely N-dealkylation sites (N-methyl/N-ethyl adjacent to an activating group) is 1. The molecule has 0 radical (unpaired) electrons. The van der Waals surface area contributed by atoms with Crippen LogP contribution in [0.2, 0.25) is 0 Å². The van der Waals surface area contributed by atoms with E-state index in [2.05, 4.69) is 39.6 Å². The average Bonchev–Trinajstić information content (AvgIpc) is 3.24. The van der Waals surface area contributed by atoms with Gasteiger partial charge in [-0.1, -0.05) is 19.1 Å². The molecule has 4 atom stereocenters. The minimum absolute atomic E-state index is 0.0265. The molecule has 3 aliphatic carbocycles. The maximum atomic E-state index is 12.7. The molecule has 2 saturated carbocycles. The summed E-state index contributed by atoms with van der Waals surface area (Å²) in [7, 11) is 0. The fourth-order valence-electron chi connectivity index (χ4n) is 5.14. The molecule has 2 N–H and O–H groups in total. The molecule has 0 spiro atoms. The number of carbonyl (C=O) groups excluding carboxylic acids is 2. The first kappa shape index (κ1) is 19.4. The van der Waals surface area contributed by atoms with Crippen molar-refractivity contribution in [3.8, 4) is 0 Å². The van der Waals surface area contributed by atoms with E-state index in [-0.39, 0.29) is 35.5 Å². The molecule has 2 amide bonds. The maximum absolute atomic E-state index is 12.7. The lowest BCUT2D eigenvalue weighted by Crippen LogP contribution is -2.44. The number of hydrogen-bond donors (Lipinski definition) is 2. The average molecular weight is 388 g/mol. The minimum Gasteiger partial charge on any atom is -0.357 e. The molecule has 0 aromatic carbocycles. The number of fused-ring (bicyclic) bond motifs is 5. The highest BCUT2D eigenvalue weighted by molar-refractivity contribution is 6.06. The normalized spacial score (nSPS) is 31.2. The van der Waals surface area contributed by atoms with Crippen molar-refractivity contribution in [2.45, 2.75) is 39.2 Å². The molecular formula is C21H33N5O2. The Kier molecular flexibility index (Phi) is 5.71. The van der Waals surface area contributed by atoms with Crippen LogP contribution in [-0.4, -0.2) is 72.9 Å². The third kappa shape index (κ3) is 3.69. The number of aliphatic imine (C=N–C) groups is 1. The van der Waals surface area contributed by atoms with Gasteiger partial charge in [0.15, 0.2) is 5.96 Å². The van der Waals surface area contributed by atoms with Crippen LogP contribution < -0.4 is 10.6 Å². The van der Waals surface area contributed by atoms with Gasteiger partial charge in [0, 0.05) is 32.2 Å². The topological polar surface area (TPSA) is 77.0 Å². The molecule has 0 aromatic heterocycles. The van der Waals surface area contributed by atoms with Gasteiger partial charge in [-0.2, -0.15) is 0 Å². The van der Waals surface area contributed by atoms with E-state index < -0.39 is 0 Å². The number of nitrogens with zero attached hydrogens (tertiary/aromatic N) is 3. The summed E-state index contributed by atoms with van der Waals surface area (Å²) < 4.78 is 0. The Morgan fingerprint density at radius 1 is 1.14 bits per heavy atom. The van der Waals surface area contributed by atoms with Crippen molar-refractivity contribution in [2.24, 2.45) is 28.7 Å². The lowest BCUT2D eigenvalue weighted by atomic mass is 9.85. The predicted molar refractivity (Wildman–Crippen MR) is 109 cm³/mol. The van der Waals surface area contributed by atoms with E-state index in [9.17, 15) is 9.59 Å². The summed E-state index contributed by atoms with van der Waals surface area (Å²) in [5.74, 6) is 1.15. The predicted octanol–water partition coefficient (Wildman–Crippen LogP) is 0.833. The molecule has 4 aliphatic rings. The van der Waals surface area contributed by atoms with Crippen LogP contribution in [0.5, 0.6) is 0 Å². The molecule has 154 valence electrons. The molecule has 7 heteroatoms. The molecule has 1 aliphatic heterocycles. The van der Waals surface area contributed by atoms with Crippen LogP contribution in [-0.2, 0) is 9.59 Å². The van der Waals surface area contributed by atoms with E-state index in [1.165, 1.54) is 17.7 Å². The number of guanidine groups is 1. The summed E-state index contributed by atoms with van der Waals surface area (Å²) in [6.07, 6.45) is 7.87. The number of nitrogens with one attached hydrogen (secondary N) is 2. The Labute approximate surface area is 167 Å². The van der Waals surface area contributed by atoms with Gasteiger partial charge in [0.05, 0.1) is 18.4 Å². The maximum Gasteiger partial charge on any atom is 0.233 e. The van der Waals surface area contributed by atoms with Crippen molar-refractivity contribution in [1.29, 1.82) is 0 Å². The number of amides is 2. The van der Waals surface area contributed by atoms with Crippen molar-refractivity contribution >= 4 is 17.8 Å². The van der Waals surface area contributed by atoms with Gasteiger partial charge in [-0.25, -0.2) is 0 Å². The standard InChI is InChI=1S/C21H33N5O2/c1-3-22-21(23-9-11-25(4-2)16-7-8-16)24-10-12-26-19(27)17-14-5-6-15(13-14)18(17)20(26)28/h5-6,14-18H,3-4,7-13H2,1-2H3,(H2,22,23,24). The molecule has 1 saturated heterocycles. The van der Waals surface area contributed by atoms with E-state index in [0.29, 0.717) is 13.1 Å². The highest BCUT2D eigenvalue weighted by Gasteiger charge is 2.58. The van der Waals surface area contributed by atoms with Crippen LogP contribution in [0.3, 0.4) is 0 Å². The molecule has 2 bridgehead atoms. The van der Waals surface area contributed by atoms with Crippen LogP contribution in [0.1, 0.15) is 33.1 Å². The highest BCUT2D eigenvalue weighted by Crippen LogP contribution is 2.52. The van der Waals surface area contributed by atoms with E-state index in [0.717, 1.165) is 44.6 Å². The Morgan fingerprint density at radius 2 is 1.82 bits per heavy atom. The van der Waals surface area contributed by atoms with Crippen molar-refractivity contribution in [2.75, 3.05) is 39.3 Å². The number of allylic oxidation sites excluding steroid dienone is 2. The molecule has 0 aromatic rings. The first-order valence-corrected chi connectivity index (χ1v) is 10.9. The zero-order valence-electron chi connectivity index (χ0n) is 17.1. The fourth-order valence-corrected chi connectivity index (χ4v) is 5.14. The van der Waals surface area contributed by atoms with Crippen molar-refractivity contribution in [1.82, 2.24) is 20.4 Å². The molecule has 28 heavy (non-hydrogen) atoms. The fraction of sp³-hybridized carbons (Fsp3) is 0.762. The highest BCUT2D eigenvalue weighted by atomic mass is 16.2. The minimum atomic E-state index is -0.105. The molecule has 1 heterocycles. The lowest BCUT2D eigenvalue weighted by molar-refractivity contribution is -0.140. The SMILES string of the molecule is CCNC(=NCCN(CC)C1CC1)NCCN1C(=O)C2C3C=CC(C3)C2C1=O. The Bertz CT molecular complexity index is 642. The van der Waals surface area contributed by atoms with E-state index >= 15 is 0 Å². The lowest BCUT2D eigenvalue weighted by Gasteiger charge is -2.20. The second-order valence-corrected chi connectivity index (χ2v) is 8.38. The van der Waals surface area contributed by atoms with Crippen LogP contribution in [0.4, 0.5) is 0 Å². The molecule has 4 unspecified atom stereocenters. The third-order valence-electron chi connectivity index (χ3n) is 6.66. The van der Waals surface area contributed by atoms with Crippen LogP contribution in [0.25, 0.3) is 0 Å². The van der Waals surface area contributed by atoms with Gasteiger partial charge in [0.25, 0.3) is 0 Å². The van der Waals surface area contributed by atoms with Gasteiger partial charge in [-0.15, -0.1) is 0 Å². The monoisotopic (exact) mass is 387 g/mol. The second kappa shape index (κ2) is 8.23.